The number of hydrogen-bond donors (Lipinski definition) is 2. The van der Waals surface area contributed by atoms with Crippen LogP contribution in [0.3, 0.4) is 0 Å². The quantitative estimate of drug-likeness (QED) is 0.778. The van der Waals surface area contributed by atoms with Gasteiger partial charge < -0.3 is 9.63 Å². The first-order chi connectivity index (χ1) is 10.4. The second-order valence-electron chi connectivity index (χ2n) is 4.40. The molecule has 120 valence electrons. The molecule has 0 fully saturated rings. The number of aromatic nitrogens is 2. The minimum atomic E-state index is -3.97. The maximum absolute atomic E-state index is 12.3. The number of nitrogens with zero attached hydrogens (tertiary/aromatic N) is 2. The molecule has 0 spiro atoms. The second kappa shape index (κ2) is 6.55. The molecule has 22 heavy (non-hydrogen) atoms. The van der Waals surface area contributed by atoms with E-state index in [1.54, 1.807) is 0 Å². The largest absolute Gasteiger partial charge is 0.476 e. The first-order valence-electron chi connectivity index (χ1n) is 6.54. The number of sulfonamides is 1. The molecule has 2 aromatic rings. The molecular weight excluding hydrogens is 330 g/mol. The van der Waals surface area contributed by atoms with Crippen LogP contribution in [0.4, 0.5) is 0 Å². The third-order valence-electron chi connectivity index (χ3n) is 3.08. The molecule has 2 aromatic heterocycles. The van der Waals surface area contributed by atoms with E-state index in [1.165, 1.54) is 5.38 Å². The van der Waals surface area contributed by atoms with Gasteiger partial charge in [0.15, 0.2) is 5.69 Å². The van der Waals surface area contributed by atoms with Gasteiger partial charge in [0.1, 0.15) is 10.7 Å². The lowest BCUT2D eigenvalue weighted by Gasteiger charge is -2.06. The predicted molar refractivity (Wildman–Crippen MR) is 78.4 cm³/mol. The van der Waals surface area contributed by atoms with E-state index in [1.807, 2.05) is 13.8 Å². The molecule has 2 rings (SSSR count). The van der Waals surface area contributed by atoms with Crippen molar-refractivity contribution in [2.45, 2.75) is 38.1 Å². The Labute approximate surface area is 131 Å². The fourth-order valence-electron chi connectivity index (χ4n) is 1.95. The normalized spacial score (nSPS) is 11.7. The molecule has 0 aliphatic heterocycles. The van der Waals surface area contributed by atoms with Crippen LogP contribution in [0.1, 0.15) is 41.4 Å². The number of hydrogen-bond acceptors (Lipinski definition) is 7. The summed E-state index contributed by atoms with van der Waals surface area (Å²) in [6.07, 6.45) is 1.20. The van der Waals surface area contributed by atoms with E-state index in [9.17, 15) is 13.2 Å². The summed E-state index contributed by atoms with van der Waals surface area (Å²) < 4.78 is 35.6. The van der Waals surface area contributed by atoms with Gasteiger partial charge in [0, 0.05) is 23.9 Å². The second-order valence-corrected chi connectivity index (χ2v) is 6.76. The highest BCUT2D eigenvalue weighted by atomic mass is 32.2. The van der Waals surface area contributed by atoms with Crippen LogP contribution >= 0.6 is 11.5 Å². The number of aryl methyl sites for hydroxylation is 2. The number of rotatable bonds is 7. The topological polar surface area (TPSA) is 122 Å². The van der Waals surface area contributed by atoms with Crippen LogP contribution in [-0.4, -0.2) is 29.0 Å². The van der Waals surface area contributed by atoms with Gasteiger partial charge in [-0.2, -0.15) is 4.37 Å². The van der Waals surface area contributed by atoms with Crippen molar-refractivity contribution >= 4 is 27.5 Å². The molecule has 10 heteroatoms. The Balaban J connectivity index is 2.25. The van der Waals surface area contributed by atoms with Crippen molar-refractivity contribution in [3.63, 3.8) is 0 Å². The van der Waals surface area contributed by atoms with Crippen LogP contribution in [0.5, 0.6) is 0 Å². The van der Waals surface area contributed by atoms with Crippen molar-refractivity contribution in [2.75, 3.05) is 0 Å². The lowest BCUT2D eigenvalue weighted by molar-refractivity contribution is 0.0687. The van der Waals surface area contributed by atoms with E-state index in [4.69, 9.17) is 9.63 Å². The molecule has 0 saturated carbocycles. The molecule has 0 radical (unpaired) electrons. The van der Waals surface area contributed by atoms with Crippen molar-refractivity contribution < 1.29 is 22.8 Å². The van der Waals surface area contributed by atoms with Gasteiger partial charge >= 0.3 is 5.97 Å². The first-order valence-corrected chi connectivity index (χ1v) is 8.86. The van der Waals surface area contributed by atoms with Gasteiger partial charge in [-0.1, -0.05) is 19.0 Å². The highest BCUT2D eigenvalue weighted by Gasteiger charge is 2.26. The summed E-state index contributed by atoms with van der Waals surface area (Å²) in [7, 11) is -3.97. The summed E-state index contributed by atoms with van der Waals surface area (Å²) >= 11 is 0.779. The van der Waals surface area contributed by atoms with E-state index in [0.29, 0.717) is 29.9 Å². The van der Waals surface area contributed by atoms with Gasteiger partial charge in [0.25, 0.3) is 0 Å². The third kappa shape index (κ3) is 3.18. The first kappa shape index (κ1) is 16.6. The summed E-state index contributed by atoms with van der Waals surface area (Å²) in [6, 6.07) is 0. The Morgan fingerprint density at radius 2 is 2.14 bits per heavy atom. The Hall–Kier alpha value is -1.78. The van der Waals surface area contributed by atoms with Crippen LogP contribution < -0.4 is 4.72 Å². The molecule has 0 unspecified atom stereocenters. The minimum absolute atomic E-state index is 0.00686. The molecular formula is C12H15N3O5S2. The van der Waals surface area contributed by atoms with Crippen molar-refractivity contribution in [2.24, 2.45) is 0 Å². The molecule has 0 aromatic carbocycles. The van der Waals surface area contributed by atoms with Crippen LogP contribution in [-0.2, 0) is 29.4 Å². The highest BCUT2D eigenvalue weighted by molar-refractivity contribution is 7.89. The van der Waals surface area contributed by atoms with Crippen molar-refractivity contribution in [1.29, 1.82) is 0 Å². The highest BCUT2D eigenvalue weighted by Crippen LogP contribution is 2.20. The van der Waals surface area contributed by atoms with E-state index in [0.717, 1.165) is 11.5 Å². The number of aromatic carboxylic acids is 1. The van der Waals surface area contributed by atoms with Crippen molar-refractivity contribution in [3.05, 3.63) is 28.1 Å². The zero-order valence-electron chi connectivity index (χ0n) is 12.0. The number of carbonyl (C=O) groups is 1. The molecule has 0 aliphatic rings. The maximum atomic E-state index is 12.3. The molecule has 0 aliphatic carbocycles. The lowest BCUT2D eigenvalue weighted by Crippen LogP contribution is -2.25. The van der Waals surface area contributed by atoms with E-state index < -0.39 is 21.7 Å². The fraction of sp³-hybridized carbons (Fsp3) is 0.417. The molecule has 0 saturated heterocycles. The standard InChI is InChI=1S/C12H15N3O5S2/c1-3-8-7(9(4-2)20-14-8)5-13-22(18,19)10-6-21-15-11(10)12(16)17/h6,13H,3-5H2,1-2H3,(H,16,17). The lowest BCUT2D eigenvalue weighted by atomic mass is 10.1. The van der Waals surface area contributed by atoms with Gasteiger partial charge in [-0.25, -0.2) is 17.9 Å². The molecule has 0 atom stereocenters. The average molecular weight is 345 g/mol. The fourth-order valence-corrected chi connectivity index (χ4v) is 4.06. The Morgan fingerprint density at radius 1 is 1.41 bits per heavy atom. The molecule has 8 nitrogen and oxygen atoms in total. The summed E-state index contributed by atoms with van der Waals surface area (Å²) in [6.45, 7) is 3.76. The number of nitrogens with one attached hydrogen (secondary N) is 1. The van der Waals surface area contributed by atoms with Gasteiger partial charge in [0.2, 0.25) is 10.0 Å². The van der Waals surface area contributed by atoms with Crippen molar-refractivity contribution in [3.8, 4) is 0 Å². The summed E-state index contributed by atoms with van der Waals surface area (Å²) in [4.78, 5) is 10.7. The Bertz CT molecular complexity index is 757. The summed E-state index contributed by atoms with van der Waals surface area (Å²) in [5, 5.41) is 14.1. The molecule has 0 bridgehead atoms. The Kier molecular flexibility index (Phi) is 4.94. The smallest absolute Gasteiger partial charge is 0.357 e. The molecule has 2 N–H and O–H groups in total. The minimum Gasteiger partial charge on any atom is -0.476 e. The predicted octanol–water partition coefficient (Wildman–Crippen LogP) is 1.43. The number of carboxylic acid groups (broad SMARTS) is 1. The third-order valence-corrected chi connectivity index (χ3v) is 5.27. The van der Waals surface area contributed by atoms with Crippen LogP contribution in [0.15, 0.2) is 14.8 Å². The van der Waals surface area contributed by atoms with Crippen LogP contribution in [0.25, 0.3) is 0 Å². The van der Waals surface area contributed by atoms with E-state index >= 15 is 0 Å². The van der Waals surface area contributed by atoms with Crippen LogP contribution in [0.2, 0.25) is 0 Å². The van der Waals surface area contributed by atoms with Gasteiger partial charge in [-0.15, -0.1) is 0 Å². The maximum Gasteiger partial charge on any atom is 0.357 e. The van der Waals surface area contributed by atoms with E-state index in [-0.39, 0.29) is 11.4 Å². The van der Waals surface area contributed by atoms with Gasteiger partial charge in [-0.05, 0) is 18.0 Å². The van der Waals surface area contributed by atoms with Gasteiger partial charge in [-0.3, -0.25) is 0 Å². The zero-order chi connectivity index (χ0) is 16.3. The van der Waals surface area contributed by atoms with Crippen LogP contribution in [0, 0.1) is 0 Å². The molecule has 2 heterocycles. The monoisotopic (exact) mass is 345 g/mol. The van der Waals surface area contributed by atoms with Crippen molar-refractivity contribution in [1.82, 2.24) is 14.3 Å². The molecule has 0 amide bonds. The zero-order valence-corrected chi connectivity index (χ0v) is 13.6. The number of carboxylic acids is 1. The van der Waals surface area contributed by atoms with Gasteiger partial charge in [0.05, 0.1) is 5.69 Å². The SMILES string of the molecule is CCc1noc(CC)c1CNS(=O)(=O)c1csnc1C(=O)O. The summed E-state index contributed by atoms with van der Waals surface area (Å²) in [5.74, 6) is -0.767. The van der Waals surface area contributed by atoms with E-state index in [2.05, 4.69) is 14.3 Å². The average Bonchev–Trinajstić information content (AvgIpc) is 3.11. The summed E-state index contributed by atoms with van der Waals surface area (Å²) in [5.41, 5.74) is 0.893. The Morgan fingerprint density at radius 3 is 2.73 bits per heavy atom.